The molecule has 0 spiro atoms. The number of hydrogen-bond acceptors (Lipinski definition) is 4. The van der Waals surface area contributed by atoms with Crippen molar-refractivity contribution in [1.29, 1.82) is 0 Å². The Hall–Kier alpha value is -3.41. The standard InChI is InChI=1S/C20H20N4O2/c1-2-26-19-6-4-3-5-17(19)9-12-20(25)23-18-10-7-16(8-11-18)13-24-15-21-14-22-24/h3-12,14-15H,2,13H2,1H3,(H,23,25)/b12-9+. The number of amides is 1. The molecule has 0 aliphatic heterocycles. The third kappa shape index (κ3) is 4.80. The van der Waals surface area contributed by atoms with Gasteiger partial charge in [-0.05, 0) is 36.8 Å². The summed E-state index contributed by atoms with van der Waals surface area (Å²) in [6, 6.07) is 15.2. The van der Waals surface area contributed by atoms with Gasteiger partial charge in [-0.3, -0.25) is 4.79 Å². The third-order valence-electron chi connectivity index (χ3n) is 3.67. The molecule has 0 bridgehead atoms. The lowest BCUT2D eigenvalue weighted by molar-refractivity contribution is -0.111. The molecule has 6 nitrogen and oxygen atoms in total. The lowest BCUT2D eigenvalue weighted by Gasteiger charge is -2.07. The second-order valence-electron chi connectivity index (χ2n) is 5.58. The second-order valence-corrected chi connectivity index (χ2v) is 5.58. The van der Waals surface area contributed by atoms with Crippen molar-refractivity contribution in [3.05, 3.63) is 78.4 Å². The zero-order valence-electron chi connectivity index (χ0n) is 14.5. The SMILES string of the molecule is CCOc1ccccc1/C=C/C(=O)Nc1ccc(Cn2cncn2)cc1. The van der Waals surface area contributed by atoms with Gasteiger partial charge in [0.15, 0.2) is 0 Å². The van der Waals surface area contributed by atoms with E-state index in [1.165, 1.54) is 12.4 Å². The quantitative estimate of drug-likeness (QED) is 0.665. The van der Waals surface area contributed by atoms with Crippen LogP contribution in [0.25, 0.3) is 6.08 Å². The van der Waals surface area contributed by atoms with Crippen molar-refractivity contribution in [2.75, 3.05) is 11.9 Å². The van der Waals surface area contributed by atoms with Crippen molar-refractivity contribution in [3.63, 3.8) is 0 Å². The summed E-state index contributed by atoms with van der Waals surface area (Å²) in [5, 5.41) is 6.92. The van der Waals surface area contributed by atoms with Crippen molar-refractivity contribution < 1.29 is 9.53 Å². The van der Waals surface area contributed by atoms with E-state index in [9.17, 15) is 4.79 Å². The maximum Gasteiger partial charge on any atom is 0.248 e. The first-order valence-electron chi connectivity index (χ1n) is 8.37. The summed E-state index contributed by atoms with van der Waals surface area (Å²) in [6.07, 6.45) is 6.42. The van der Waals surface area contributed by atoms with E-state index in [2.05, 4.69) is 15.4 Å². The Bertz CT molecular complexity index is 871. The first kappa shape index (κ1) is 17.4. The van der Waals surface area contributed by atoms with Crippen LogP contribution in [0.4, 0.5) is 5.69 Å². The van der Waals surface area contributed by atoms with E-state index in [0.29, 0.717) is 13.2 Å². The topological polar surface area (TPSA) is 69.0 Å². The van der Waals surface area contributed by atoms with Crippen LogP contribution in [-0.2, 0) is 11.3 Å². The number of para-hydroxylation sites is 1. The van der Waals surface area contributed by atoms with Gasteiger partial charge < -0.3 is 10.1 Å². The summed E-state index contributed by atoms with van der Waals surface area (Å²) in [5.41, 5.74) is 2.68. The minimum Gasteiger partial charge on any atom is -0.493 e. The van der Waals surface area contributed by atoms with Crippen molar-refractivity contribution in [3.8, 4) is 5.75 Å². The van der Waals surface area contributed by atoms with E-state index in [4.69, 9.17) is 4.74 Å². The highest BCUT2D eigenvalue weighted by Crippen LogP contribution is 2.19. The highest BCUT2D eigenvalue weighted by molar-refractivity contribution is 6.02. The molecule has 3 aromatic rings. The molecule has 0 aliphatic rings. The maximum absolute atomic E-state index is 12.1. The molecule has 1 heterocycles. The van der Waals surface area contributed by atoms with Crippen molar-refractivity contribution in [2.24, 2.45) is 0 Å². The number of ether oxygens (including phenoxy) is 1. The van der Waals surface area contributed by atoms with E-state index in [1.807, 2.05) is 55.5 Å². The van der Waals surface area contributed by atoms with Crippen LogP contribution in [0.3, 0.4) is 0 Å². The van der Waals surface area contributed by atoms with E-state index >= 15 is 0 Å². The molecule has 1 aromatic heterocycles. The minimum absolute atomic E-state index is 0.194. The summed E-state index contributed by atoms with van der Waals surface area (Å²) in [7, 11) is 0. The van der Waals surface area contributed by atoms with Gasteiger partial charge >= 0.3 is 0 Å². The molecule has 0 unspecified atom stereocenters. The highest BCUT2D eigenvalue weighted by atomic mass is 16.5. The molecule has 3 rings (SSSR count). The van der Waals surface area contributed by atoms with E-state index in [-0.39, 0.29) is 5.91 Å². The average molecular weight is 348 g/mol. The fourth-order valence-corrected chi connectivity index (χ4v) is 2.45. The Kier molecular flexibility index (Phi) is 5.77. The number of nitrogens with zero attached hydrogens (tertiary/aromatic N) is 3. The van der Waals surface area contributed by atoms with Crippen molar-refractivity contribution in [1.82, 2.24) is 14.8 Å². The van der Waals surface area contributed by atoms with Crippen LogP contribution in [0.5, 0.6) is 5.75 Å². The molecule has 6 heteroatoms. The van der Waals surface area contributed by atoms with Gasteiger partial charge in [0.2, 0.25) is 5.91 Å². The number of rotatable bonds is 7. The van der Waals surface area contributed by atoms with Crippen molar-refractivity contribution in [2.45, 2.75) is 13.5 Å². The first-order valence-corrected chi connectivity index (χ1v) is 8.37. The smallest absolute Gasteiger partial charge is 0.248 e. The normalized spacial score (nSPS) is 10.8. The Balaban J connectivity index is 1.59. The molecule has 0 radical (unpaired) electrons. The van der Waals surface area contributed by atoms with Crippen LogP contribution in [0.2, 0.25) is 0 Å². The number of hydrogen-bond donors (Lipinski definition) is 1. The number of aromatic nitrogens is 3. The fraction of sp³-hybridized carbons (Fsp3) is 0.150. The summed E-state index contributed by atoms with van der Waals surface area (Å²) < 4.78 is 7.29. The number of carbonyl (C=O) groups is 1. The van der Waals surface area contributed by atoms with E-state index in [1.54, 1.807) is 17.1 Å². The predicted octanol–water partition coefficient (Wildman–Crippen LogP) is 3.38. The lowest BCUT2D eigenvalue weighted by atomic mass is 10.2. The van der Waals surface area contributed by atoms with Gasteiger partial charge in [0.25, 0.3) is 0 Å². The monoisotopic (exact) mass is 348 g/mol. The van der Waals surface area contributed by atoms with Crippen LogP contribution < -0.4 is 10.1 Å². The number of benzene rings is 2. The zero-order valence-corrected chi connectivity index (χ0v) is 14.5. The van der Waals surface area contributed by atoms with Crippen LogP contribution in [0.1, 0.15) is 18.1 Å². The van der Waals surface area contributed by atoms with E-state index < -0.39 is 0 Å². The minimum atomic E-state index is -0.194. The molecule has 0 saturated heterocycles. The molecule has 1 amide bonds. The second kappa shape index (κ2) is 8.62. The molecule has 0 atom stereocenters. The average Bonchev–Trinajstić information content (AvgIpc) is 3.16. The predicted molar refractivity (Wildman–Crippen MR) is 101 cm³/mol. The largest absolute Gasteiger partial charge is 0.493 e. The van der Waals surface area contributed by atoms with Gasteiger partial charge in [-0.25, -0.2) is 9.67 Å². The Morgan fingerprint density at radius 1 is 1.19 bits per heavy atom. The summed E-state index contributed by atoms with van der Waals surface area (Å²) in [4.78, 5) is 16.1. The van der Waals surface area contributed by atoms with E-state index in [0.717, 1.165) is 22.6 Å². The third-order valence-corrected chi connectivity index (χ3v) is 3.67. The Labute approximate surface area is 152 Å². The molecular weight excluding hydrogens is 328 g/mol. The molecule has 1 N–H and O–H groups in total. The summed E-state index contributed by atoms with van der Waals surface area (Å²) in [5.74, 6) is 0.567. The van der Waals surface area contributed by atoms with Gasteiger partial charge in [0, 0.05) is 17.3 Å². The van der Waals surface area contributed by atoms with Gasteiger partial charge in [0.1, 0.15) is 18.4 Å². The summed E-state index contributed by atoms with van der Waals surface area (Å²) in [6.45, 7) is 3.15. The fourth-order valence-electron chi connectivity index (χ4n) is 2.45. The van der Waals surface area contributed by atoms with Crippen LogP contribution in [-0.4, -0.2) is 27.3 Å². The van der Waals surface area contributed by atoms with Crippen molar-refractivity contribution >= 4 is 17.7 Å². The molecule has 2 aromatic carbocycles. The molecule has 132 valence electrons. The van der Waals surface area contributed by atoms with Gasteiger partial charge in [-0.15, -0.1) is 0 Å². The molecule has 0 saturated carbocycles. The van der Waals surface area contributed by atoms with Gasteiger partial charge in [-0.1, -0.05) is 30.3 Å². The van der Waals surface area contributed by atoms with Crippen LogP contribution in [0.15, 0.2) is 67.3 Å². The molecular formula is C20H20N4O2. The van der Waals surface area contributed by atoms with Gasteiger partial charge in [-0.2, -0.15) is 5.10 Å². The van der Waals surface area contributed by atoms with Crippen LogP contribution in [0, 0.1) is 0 Å². The first-order chi connectivity index (χ1) is 12.7. The molecule has 26 heavy (non-hydrogen) atoms. The summed E-state index contributed by atoms with van der Waals surface area (Å²) >= 11 is 0. The number of nitrogens with one attached hydrogen (secondary N) is 1. The van der Waals surface area contributed by atoms with Gasteiger partial charge in [0.05, 0.1) is 13.2 Å². The zero-order chi connectivity index (χ0) is 18.2. The Morgan fingerprint density at radius 2 is 2.00 bits per heavy atom. The number of anilines is 1. The maximum atomic E-state index is 12.1. The highest BCUT2D eigenvalue weighted by Gasteiger charge is 2.02. The van der Waals surface area contributed by atoms with Crippen LogP contribution >= 0.6 is 0 Å². The Morgan fingerprint density at radius 3 is 2.73 bits per heavy atom. The lowest BCUT2D eigenvalue weighted by Crippen LogP contribution is -2.08. The molecule has 0 aliphatic carbocycles. The molecule has 0 fully saturated rings. The number of carbonyl (C=O) groups excluding carboxylic acids is 1.